The van der Waals surface area contributed by atoms with Gasteiger partial charge in [0.05, 0.1) is 4.88 Å². The summed E-state index contributed by atoms with van der Waals surface area (Å²) in [5, 5.41) is 8.95. The van der Waals surface area contributed by atoms with E-state index in [1.165, 1.54) is 12.1 Å². The Morgan fingerprint density at radius 3 is 2.45 bits per heavy atom. The van der Waals surface area contributed by atoms with Gasteiger partial charge in [-0.3, -0.25) is 9.59 Å². The molecule has 2 heterocycles. The molecule has 0 unspecified atom stereocenters. The van der Waals surface area contributed by atoms with Crippen LogP contribution in [0.5, 0.6) is 0 Å². The van der Waals surface area contributed by atoms with E-state index in [0.29, 0.717) is 30.9 Å². The molecule has 1 atom stereocenters. The van der Waals surface area contributed by atoms with Crippen molar-refractivity contribution in [3.8, 4) is 0 Å². The first-order valence-electron chi connectivity index (χ1n) is 7.42. The average molecular weight is 324 g/mol. The monoisotopic (exact) mass is 324 g/mol. The molecule has 1 aliphatic heterocycles. The lowest BCUT2D eigenvalue weighted by atomic mass is 10.2. The number of carbonyl (C=O) groups excluding carboxylic acids is 2. The molecule has 7 heteroatoms. The highest BCUT2D eigenvalue weighted by atomic mass is 32.1. The number of thiophene rings is 1. The van der Waals surface area contributed by atoms with E-state index in [1.54, 1.807) is 9.80 Å². The summed E-state index contributed by atoms with van der Waals surface area (Å²) < 4.78 is 0. The zero-order valence-corrected chi connectivity index (χ0v) is 13.6. The van der Waals surface area contributed by atoms with Crippen LogP contribution in [0.3, 0.4) is 0 Å². The predicted octanol–water partition coefficient (Wildman–Crippen LogP) is 1.92. The van der Waals surface area contributed by atoms with Gasteiger partial charge in [-0.15, -0.1) is 11.3 Å². The van der Waals surface area contributed by atoms with Crippen molar-refractivity contribution in [1.29, 1.82) is 0 Å². The smallest absolute Gasteiger partial charge is 0.345 e. The Morgan fingerprint density at radius 2 is 1.91 bits per heavy atom. The third-order valence-electron chi connectivity index (χ3n) is 3.90. The van der Waals surface area contributed by atoms with Crippen LogP contribution in [0, 0.1) is 0 Å². The normalized spacial score (nSPS) is 17.5. The molecule has 1 fully saturated rings. The molecule has 0 aliphatic carbocycles. The molecule has 1 saturated heterocycles. The molecule has 0 spiro atoms. The van der Waals surface area contributed by atoms with Gasteiger partial charge in [-0.1, -0.05) is 0 Å². The van der Waals surface area contributed by atoms with Crippen LogP contribution in [-0.2, 0) is 4.79 Å². The number of amides is 2. The summed E-state index contributed by atoms with van der Waals surface area (Å²) in [6, 6.07) is 2.52. The highest BCUT2D eigenvalue weighted by Gasteiger charge is 2.36. The van der Waals surface area contributed by atoms with Gasteiger partial charge in [-0.05, 0) is 38.8 Å². The van der Waals surface area contributed by atoms with Gasteiger partial charge in [0.2, 0.25) is 5.91 Å². The SMILES string of the molecule is CCN(CC)C(=O)[C@H]1CCCN1C(=O)c1ccc(C(=O)O)s1. The minimum atomic E-state index is -1.04. The molecule has 6 nitrogen and oxygen atoms in total. The molecule has 0 radical (unpaired) electrons. The number of carboxylic acids is 1. The van der Waals surface area contributed by atoms with Gasteiger partial charge in [-0.25, -0.2) is 4.79 Å². The zero-order chi connectivity index (χ0) is 16.3. The Labute approximate surface area is 133 Å². The summed E-state index contributed by atoms with van der Waals surface area (Å²) in [5.41, 5.74) is 0. The van der Waals surface area contributed by atoms with Crippen LogP contribution in [-0.4, -0.2) is 58.4 Å². The Kier molecular flexibility index (Phi) is 5.18. The van der Waals surface area contributed by atoms with Crippen molar-refractivity contribution in [3.63, 3.8) is 0 Å². The van der Waals surface area contributed by atoms with Crippen molar-refractivity contribution in [2.75, 3.05) is 19.6 Å². The van der Waals surface area contributed by atoms with E-state index in [0.717, 1.165) is 17.8 Å². The molecule has 1 aromatic heterocycles. The fourth-order valence-electron chi connectivity index (χ4n) is 2.72. The maximum absolute atomic E-state index is 12.6. The van der Waals surface area contributed by atoms with Gasteiger partial charge in [0.15, 0.2) is 0 Å². The maximum atomic E-state index is 12.6. The summed E-state index contributed by atoms with van der Waals surface area (Å²) in [7, 11) is 0. The molecule has 1 aliphatic rings. The standard InChI is InChI=1S/C15H20N2O4S/c1-3-16(4-2)13(18)10-6-5-9-17(10)14(19)11-7-8-12(22-11)15(20)21/h7-8,10H,3-6,9H2,1-2H3,(H,20,21)/t10-/m1/s1. The molecule has 0 bridgehead atoms. The summed E-state index contributed by atoms with van der Waals surface area (Å²) in [4.78, 5) is 39.8. The molecular weight excluding hydrogens is 304 g/mol. The number of nitrogens with zero attached hydrogens (tertiary/aromatic N) is 2. The van der Waals surface area contributed by atoms with E-state index >= 15 is 0 Å². The third-order valence-corrected chi connectivity index (χ3v) is 4.96. The van der Waals surface area contributed by atoms with Gasteiger partial charge in [0.1, 0.15) is 10.9 Å². The van der Waals surface area contributed by atoms with Crippen LogP contribution in [0.15, 0.2) is 12.1 Å². The summed E-state index contributed by atoms with van der Waals surface area (Å²) >= 11 is 0.954. The number of likely N-dealkylation sites (tertiary alicyclic amines) is 1. The number of likely N-dealkylation sites (N-methyl/N-ethyl adjacent to an activating group) is 1. The molecule has 1 N–H and O–H groups in total. The number of carbonyl (C=O) groups is 3. The third kappa shape index (κ3) is 3.14. The Bertz CT molecular complexity index is 580. The summed E-state index contributed by atoms with van der Waals surface area (Å²) in [6.45, 7) is 5.62. The van der Waals surface area contributed by atoms with Crippen LogP contribution in [0.1, 0.15) is 46.0 Å². The van der Waals surface area contributed by atoms with Crippen LogP contribution >= 0.6 is 11.3 Å². The van der Waals surface area contributed by atoms with Crippen molar-refractivity contribution >= 4 is 29.1 Å². The second kappa shape index (κ2) is 6.91. The first-order chi connectivity index (χ1) is 10.5. The highest BCUT2D eigenvalue weighted by Crippen LogP contribution is 2.25. The summed E-state index contributed by atoms with van der Waals surface area (Å²) in [5.74, 6) is -1.31. The van der Waals surface area contributed by atoms with E-state index in [1.807, 2.05) is 13.8 Å². The molecular formula is C15H20N2O4S. The van der Waals surface area contributed by atoms with Crippen LogP contribution in [0.2, 0.25) is 0 Å². The summed E-state index contributed by atoms with van der Waals surface area (Å²) in [6.07, 6.45) is 1.46. The Balaban J connectivity index is 2.17. The molecule has 22 heavy (non-hydrogen) atoms. The van der Waals surface area contributed by atoms with Gasteiger partial charge < -0.3 is 14.9 Å². The number of rotatable bonds is 5. The predicted molar refractivity (Wildman–Crippen MR) is 83.3 cm³/mol. The van der Waals surface area contributed by atoms with Gasteiger partial charge >= 0.3 is 5.97 Å². The zero-order valence-electron chi connectivity index (χ0n) is 12.7. The largest absolute Gasteiger partial charge is 0.477 e. The second-order valence-corrected chi connectivity index (χ2v) is 6.22. The number of hydrogen-bond donors (Lipinski definition) is 1. The average Bonchev–Trinajstić information content (AvgIpc) is 3.17. The van der Waals surface area contributed by atoms with Crippen molar-refractivity contribution < 1.29 is 19.5 Å². The van der Waals surface area contributed by atoms with E-state index < -0.39 is 12.0 Å². The minimum absolute atomic E-state index is 0.0223. The fraction of sp³-hybridized carbons (Fsp3) is 0.533. The van der Waals surface area contributed by atoms with Crippen molar-refractivity contribution in [1.82, 2.24) is 9.80 Å². The van der Waals surface area contributed by atoms with Crippen LogP contribution < -0.4 is 0 Å². The first-order valence-corrected chi connectivity index (χ1v) is 8.24. The van der Waals surface area contributed by atoms with E-state index in [-0.39, 0.29) is 16.7 Å². The number of carboxylic acid groups (broad SMARTS) is 1. The first kappa shape index (κ1) is 16.5. The molecule has 0 saturated carbocycles. The van der Waals surface area contributed by atoms with Crippen molar-refractivity contribution in [2.45, 2.75) is 32.7 Å². The lowest BCUT2D eigenvalue weighted by Gasteiger charge is -2.28. The molecule has 2 amide bonds. The highest BCUT2D eigenvalue weighted by molar-refractivity contribution is 7.15. The van der Waals surface area contributed by atoms with Crippen molar-refractivity contribution in [2.24, 2.45) is 0 Å². The minimum Gasteiger partial charge on any atom is -0.477 e. The number of aromatic carboxylic acids is 1. The molecule has 1 aromatic rings. The van der Waals surface area contributed by atoms with Crippen LogP contribution in [0.25, 0.3) is 0 Å². The lowest BCUT2D eigenvalue weighted by molar-refractivity contribution is -0.134. The number of hydrogen-bond acceptors (Lipinski definition) is 4. The van der Waals surface area contributed by atoms with E-state index in [9.17, 15) is 14.4 Å². The molecule has 120 valence electrons. The van der Waals surface area contributed by atoms with Crippen LogP contribution in [0.4, 0.5) is 0 Å². The Hall–Kier alpha value is -1.89. The van der Waals surface area contributed by atoms with Crippen molar-refractivity contribution in [3.05, 3.63) is 21.9 Å². The fourth-order valence-corrected chi connectivity index (χ4v) is 3.52. The lowest BCUT2D eigenvalue weighted by Crippen LogP contribution is -2.47. The topological polar surface area (TPSA) is 77.9 Å². The maximum Gasteiger partial charge on any atom is 0.345 e. The van der Waals surface area contributed by atoms with Gasteiger partial charge in [0, 0.05) is 19.6 Å². The second-order valence-electron chi connectivity index (χ2n) is 5.14. The quantitative estimate of drug-likeness (QED) is 0.897. The molecule has 0 aromatic carbocycles. The molecule has 2 rings (SSSR count). The Morgan fingerprint density at radius 1 is 1.27 bits per heavy atom. The van der Waals surface area contributed by atoms with E-state index in [2.05, 4.69) is 0 Å². The van der Waals surface area contributed by atoms with E-state index in [4.69, 9.17) is 5.11 Å². The van der Waals surface area contributed by atoms with Gasteiger partial charge in [0.25, 0.3) is 5.91 Å². The van der Waals surface area contributed by atoms with Gasteiger partial charge in [-0.2, -0.15) is 0 Å².